The Labute approximate surface area is 64.6 Å². The highest BCUT2D eigenvalue weighted by Gasteiger charge is 1.98. The topological polar surface area (TPSA) is 22.1 Å². The number of nitrogens with zero attached hydrogens (tertiary/aromatic N) is 1. The number of aromatic nitrogens is 1. The standard InChI is InChI=1S/C7H9NOS/c1-9-6-4-3-5-8-7(6)10-2/h3-5H,1-2H3. The van der Waals surface area contributed by atoms with Crippen molar-refractivity contribution < 1.29 is 4.74 Å². The van der Waals surface area contributed by atoms with Crippen LogP contribution in [0.15, 0.2) is 23.4 Å². The molecule has 10 heavy (non-hydrogen) atoms. The van der Waals surface area contributed by atoms with Gasteiger partial charge < -0.3 is 4.74 Å². The summed E-state index contributed by atoms with van der Waals surface area (Å²) in [6, 6.07) is 3.76. The highest BCUT2D eigenvalue weighted by Crippen LogP contribution is 2.23. The first-order valence-corrected chi connectivity index (χ1v) is 4.14. The molecule has 0 fully saturated rings. The molecule has 0 saturated carbocycles. The highest BCUT2D eigenvalue weighted by atomic mass is 32.2. The zero-order chi connectivity index (χ0) is 7.40. The van der Waals surface area contributed by atoms with Gasteiger partial charge in [0, 0.05) is 6.20 Å². The summed E-state index contributed by atoms with van der Waals surface area (Å²) in [5.41, 5.74) is 0. The number of ether oxygens (including phenoxy) is 1. The first kappa shape index (κ1) is 7.41. The third-order valence-electron chi connectivity index (χ3n) is 1.15. The number of hydrogen-bond donors (Lipinski definition) is 0. The first-order valence-electron chi connectivity index (χ1n) is 2.91. The molecule has 54 valence electrons. The molecular weight excluding hydrogens is 146 g/mol. The molecule has 0 atom stereocenters. The molecule has 1 heterocycles. The second-order valence-corrected chi connectivity index (χ2v) is 2.51. The molecule has 1 aromatic rings. The Kier molecular flexibility index (Phi) is 2.57. The van der Waals surface area contributed by atoms with Crippen LogP contribution in [0.25, 0.3) is 0 Å². The van der Waals surface area contributed by atoms with E-state index < -0.39 is 0 Å². The molecule has 0 bridgehead atoms. The molecule has 0 radical (unpaired) electrons. The molecule has 0 aliphatic heterocycles. The van der Waals surface area contributed by atoms with Crippen molar-refractivity contribution in [1.82, 2.24) is 4.98 Å². The van der Waals surface area contributed by atoms with Crippen LogP contribution in [-0.2, 0) is 0 Å². The van der Waals surface area contributed by atoms with Crippen molar-refractivity contribution in [2.75, 3.05) is 13.4 Å². The van der Waals surface area contributed by atoms with Crippen LogP contribution in [0.3, 0.4) is 0 Å². The van der Waals surface area contributed by atoms with Gasteiger partial charge in [-0.1, -0.05) is 0 Å². The number of pyridine rings is 1. The average Bonchev–Trinajstić information content (AvgIpc) is 2.04. The fraction of sp³-hybridized carbons (Fsp3) is 0.286. The van der Waals surface area contributed by atoms with Crippen LogP contribution in [0, 0.1) is 0 Å². The summed E-state index contributed by atoms with van der Waals surface area (Å²) in [6.45, 7) is 0. The van der Waals surface area contributed by atoms with Gasteiger partial charge in [-0.2, -0.15) is 0 Å². The van der Waals surface area contributed by atoms with Gasteiger partial charge in [0.2, 0.25) is 0 Å². The van der Waals surface area contributed by atoms with Crippen LogP contribution in [0.1, 0.15) is 0 Å². The van der Waals surface area contributed by atoms with Gasteiger partial charge in [0.05, 0.1) is 7.11 Å². The number of methoxy groups -OCH3 is 1. The largest absolute Gasteiger partial charge is 0.494 e. The maximum atomic E-state index is 5.05. The second-order valence-electron chi connectivity index (χ2n) is 1.71. The lowest BCUT2D eigenvalue weighted by Gasteiger charge is -2.01. The maximum Gasteiger partial charge on any atom is 0.151 e. The van der Waals surface area contributed by atoms with Crippen molar-refractivity contribution in [3.05, 3.63) is 18.3 Å². The molecule has 0 saturated heterocycles. The van der Waals surface area contributed by atoms with E-state index in [9.17, 15) is 0 Å². The Bertz CT molecular complexity index is 192. The van der Waals surface area contributed by atoms with Crippen LogP contribution in [-0.4, -0.2) is 18.3 Å². The number of rotatable bonds is 2. The van der Waals surface area contributed by atoms with Gasteiger partial charge in [0.1, 0.15) is 5.03 Å². The minimum Gasteiger partial charge on any atom is -0.494 e. The molecule has 0 amide bonds. The summed E-state index contributed by atoms with van der Waals surface area (Å²) in [5.74, 6) is 0.843. The van der Waals surface area contributed by atoms with E-state index in [4.69, 9.17) is 4.74 Å². The molecule has 1 aromatic heterocycles. The molecule has 0 aromatic carbocycles. The number of thioether (sulfide) groups is 1. The average molecular weight is 155 g/mol. The maximum absolute atomic E-state index is 5.05. The van der Waals surface area contributed by atoms with Crippen LogP contribution < -0.4 is 4.74 Å². The molecule has 1 rings (SSSR count). The van der Waals surface area contributed by atoms with E-state index in [1.807, 2.05) is 18.4 Å². The fourth-order valence-electron chi connectivity index (χ4n) is 0.685. The van der Waals surface area contributed by atoms with E-state index in [1.165, 1.54) is 0 Å². The summed E-state index contributed by atoms with van der Waals surface area (Å²) in [7, 11) is 1.65. The third kappa shape index (κ3) is 1.42. The minimum atomic E-state index is 0.843. The molecular formula is C7H9NOS. The Hall–Kier alpha value is -0.700. The zero-order valence-corrected chi connectivity index (χ0v) is 6.81. The first-order chi connectivity index (χ1) is 4.88. The van der Waals surface area contributed by atoms with E-state index in [2.05, 4.69) is 4.98 Å². The SMILES string of the molecule is COc1cccnc1SC. The summed E-state index contributed by atoms with van der Waals surface area (Å²) >= 11 is 1.58. The van der Waals surface area contributed by atoms with Crippen molar-refractivity contribution in [3.63, 3.8) is 0 Å². The van der Waals surface area contributed by atoms with Crippen LogP contribution in [0.4, 0.5) is 0 Å². The van der Waals surface area contributed by atoms with E-state index in [0.29, 0.717) is 0 Å². The molecule has 3 heteroatoms. The summed E-state index contributed by atoms with van der Waals surface area (Å²) in [5, 5.41) is 0.935. The quantitative estimate of drug-likeness (QED) is 0.608. The van der Waals surface area contributed by atoms with Crippen LogP contribution >= 0.6 is 11.8 Å². The molecule has 0 aliphatic carbocycles. The smallest absolute Gasteiger partial charge is 0.151 e. The zero-order valence-electron chi connectivity index (χ0n) is 6.00. The Balaban J connectivity index is 2.96. The van der Waals surface area contributed by atoms with Gasteiger partial charge in [-0.05, 0) is 18.4 Å². The van der Waals surface area contributed by atoms with Gasteiger partial charge in [0.15, 0.2) is 5.75 Å². The van der Waals surface area contributed by atoms with Crippen molar-refractivity contribution in [2.24, 2.45) is 0 Å². The van der Waals surface area contributed by atoms with E-state index >= 15 is 0 Å². The Morgan fingerprint density at radius 3 is 2.90 bits per heavy atom. The fourth-order valence-corrected chi connectivity index (χ4v) is 1.20. The predicted molar refractivity (Wildman–Crippen MR) is 42.6 cm³/mol. The van der Waals surface area contributed by atoms with Gasteiger partial charge in [-0.25, -0.2) is 4.98 Å². The Morgan fingerprint density at radius 2 is 2.40 bits per heavy atom. The van der Waals surface area contributed by atoms with E-state index in [-0.39, 0.29) is 0 Å². The van der Waals surface area contributed by atoms with Crippen molar-refractivity contribution in [2.45, 2.75) is 5.03 Å². The van der Waals surface area contributed by atoms with Crippen LogP contribution in [0.2, 0.25) is 0 Å². The second kappa shape index (κ2) is 3.46. The van der Waals surface area contributed by atoms with Crippen molar-refractivity contribution >= 4 is 11.8 Å². The minimum absolute atomic E-state index is 0.843. The van der Waals surface area contributed by atoms with Gasteiger partial charge in [-0.15, -0.1) is 11.8 Å². The number of hydrogen-bond acceptors (Lipinski definition) is 3. The lowest BCUT2D eigenvalue weighted by molar-refractivity contribution is 0.401. The summed E-state index contributed by atoms with van der Waals surface area (Å²) in [4.78, 5) is 4.11. The van der Waals surface area contributed by atoms with Gasteiger partial charge >= 0.3 is 0 Å². The third-order valence-corrected chi connectivity index (χ3v) is 1.84. The van der Waals surface area contributed by atoms with E-state index in [1.54, 1.807) is 25.1 Å². The van der Waals surface area contributed by atoms with Crippen molar-refractivity contribution in [3.8, 4) is 5.75 Å². The van der Waals surface area contributed by atoms with Gasteiger partial charge in [0.25, 0.3) is 0 Å². The predicted octanol–water partition coefficient (Wildman–Crippen LogP) is 1.81. The molecule has 0 N–H and O–H groups in total. The molecule has 0 aliphatic rings. The molecule has 0 unspecified atom stereocenters. The Morgan fingerprint density at radius 1 is 1.60 bits per heavy atom. The van der Waals surface area contributed by atoms with E-state index in [0.717, 1.165) is 10.8 Å². The molecule has 2 nitrogen and oxygen atoms in total. The monoisotopic (exact) mass is 155 g/mol. The van der Waals surface area contributed by atoms with Crippen LogP contribution in [0.5, 0.6) is 5.75 Å². The summed E-state index contributed by atoms with van der Waals surface area (Å²) in [6.07, 6.45) is 3.74. The summed E-state index contributed by atoms with van der Waals surface area (Å²) < 4.78 is 5.05. The lowest BCUT2D eigenvalue weighted by Crippen LogP contribution is -1.86. The highest BCUT2D eigenvalue weighted by molar-refractivity contribution is 7.98. The van der Waals surface area contributed by atoms with Gasteiger partial charge in [-0.3, -0.25) is 0 Å². The van der Waals surface area contributed by atoms with Crippen molar-refractivity contribution in [1.29, 1.82) is 0 Å². The normalized spacial score (nSPS) is 9.40. The lowest BCUT2D eigenvalue weighted by atomic mass is 10.5. The molecule has 0 spiro atoms.